The number of thiazole rings is 1. The van der Waals surface area contributed by atoms with Gasteiger partial charge in [-0.1, -0.05) is 13.8 Å². The molecule has 1 atom stereocenters. The van der Waals surface area contributed by atoms with Crippen LogP contribution in [0.3, 0.4) is 0 Å². The van der Waals surface area contributed by atoms with Crippen molar-refractivity contribution < 1.29 is 0 Å². The highest BCUT2D eigenvalue weighted by atomic mass is 32.1. The zero-order valence-corrected chi connectivity index (χ0v) is 12.2. The van der Waals surface area contributed by atoms with Crippen LogP contribution in [-0.2, 0) is 6.54 Å². The number of aromatic nitrogens is 1. The highest BCUT2D eigenvalue weighted by Crippen LogP contribution is 2.22. The molecule has 2 N–H and O–H groups in total. The second-order valence-corrected chi connectivity index (χ2v) is 6.19. The van der Waals surface area contributed by atoms with Gasteiger partial charge in [0.2, 0.25) is 0 Å². The Morgan fingerprint density at radius 1 is 1.50 bits per heavy atom. The van der Waals surface area contributed by atoms with E-state index in [9.17, 15) is 0 Å². The van der Waals surface area contributed by atoms with Crippen LogP contribution < -0.4 is 5.73 Å². The molecule has 2 rings (SSSR count). The molecule has 0 aliphatic carbocycles. The average Bonchev–Trinajstić information content (AvgIpc) is 2.96. The predicted molar refractivity (Wildman–Crippen MR) is 77.7 cm³/mol. The standard InChI is InChI=1S/C13H24N4S/c1-3-16(4-2)8-11-5-6-17(9-11)10-12-7-15-13(14)18-12/h7,11H,3-6,8-10H2,1-2H3,(H2,14,15). The van der Waals surface area contributed by atoms with Gasteiger partial charge in [-0.3, -0.25) is 4.90 Å². The van der Waals surface area contributed by atoms with Crippen LogP contribution in [0.1, 0.15) is 25.1 Å². The van der Waals surface area contributed by atoms with Crippen molar-refractivity contribution in [1.82, 2.24) is 14.8 Å². The lowest BCUT2D eigenvalue weighted by atomic mass is 10.1. The number of hydrogen-bond acceptors (Lipinski definition) is 5. The number of hydrogen-bond donors (Lipinski definition) is 1. The maximum atomic E-state index is 5.66. The number of nitrogens with two attached hydrogens (primary N) is 1. The van der Waals surface area contributed by atoms with Crippen molar-refractivity contribution in [1.29, 1.82) is 0 Å². The number of anilines is 1. The molecule has 0 radical (unpaired) electrons. The lowest BCUT2D eigenvalue weighted by Crippen LogP contribution is -2.30. The summed E-state index contributed by atoms with van der Waals surface area (Å²) in [7, 11) is 0. The van der Waals surface area contributed by atoms with E-state index in [0.29, 0.717) is 5.13 Å². The van der Waals surface area contributed by atoms with Crippen LogP contribution >= 0.6 is 11.3 Å². The molecule has 1 unspecified atom stereocenters. The lowest BCUT2D eigenvalue weighted by Gasteiger charge is -2.22. The minimum atomic E-state index is 0.684. The topological polar surface area (TPSA) is 45.4 Å². The third-order valence-corrected chi connectivity index (χ3v) is 4.54. The molecule has 0 aromatic carbocycles. The van der Waals surface area contributed by atoms with Crippen molar-refractivity contribution >= 4 is 16.5 Å². The molecule has 0 saturated carbocycles. The third kappa shape index (κ3) is 3.67. The van der Waals surface area contributed by atoms with Crippen LogP contribution in [-0.4, -0.2) is 47.5 Å². The van der Waals surface area contributed by atoms with E-state index in [1.807, 2.05) is 6.20 Å². The van der Waals surface area contributed by atoms with Crippen molar-refractivity contribution in [3.05, 3.63) is 11.1 Å². The van der Waals surface area contributed by atoms with Gasteiger partial charge in [-0.25, -0.2) is 4.98 Å². The van der Waals surface area contributed by atoms with E-state index in [2.05, 4.69) is 28.6 Å². The molecule has 1 aliphatic rings. The zero-order valence-electron chi connectivity index (χ0n) is 11.4. The van der Waals surface area contributed by atoms with E-state index in [1.165, 1.54) is 44.0 Å². The zero-order chi connectivity index (χ0) is 13.0. The minimum absolute atomic E-state index is 0.684. The van der Waals surface area contributed by atoms with E-state index in [4.69, 9.17) is 5.73 Å². The summed E-state index contributed by atoms with van der Waals surface area (Å²) >= 11 is 1.61. The fraction of sp³-hybridized carbons (Fsp3) is 0.769. The summed E-state index contributed by atoms with van der Waals surface area (Å²) in [4.78, 5) is 10.5. The molecule has 0 amide bonds. The minimum Gasteiger partial charge on any atom is -0.375 e. The van der Waals surface area contributed by atoms with Crippen LogP contribution in [0.25, 0.3) is 0 Å². The molecule has 1 fully saturated rings. The molecule has 102 valence electrons. The van der Waals surface area contributed by atoms with E-state index in [1.54, 1.807) is 11.3 Å². The van der Waals surface area contributed by atoms with Crippen molar-refractivity contribution in [2.75, 3.05) is 38.5 Å². The van der Waals surface area contributed by atoms with Crippen LogP contribution in [0, 0.1) is 5.92 Å². The number of rotatable bonds is 6. The van der Waals surface area contributed by atoms with Crippen molar-refractivity contribution in [3.8, 4) is 0 Å². The van der Waals surface area contributed by atoms with Gasteiger partial charge in [-0.15, -0.1) is 11.3 Å². The summed E-state index contributed by atoms with van der Waals surface area (Å²) in [6.45, 7) is 11.5. The molecule has 18 heavy (non-hydrogen) atoms. The van der Waals surface area contributed by atoms with E-state index in [0.717, 1.165) is 12.5 Å². The largest absolute Gasteiger partial charge is 0.375 e. The summed E-state index contributed by atoms with van der Waals surface area (Å²) in [5.41, 5.74) is 5.66. The fourth-order valence-electron chi connectivity index (χ4n) is 2.67. The Balaban J connectivity index is 1.78. The maximum Gasteiger partial charge on any atom is 0.180 e. The van der Waals surface area contributed by atoms with Gasteiger partial charge in [0.15, 0.2) is 5.13 Å². The first-order chi connectivity index (χ1) is 8.71. The number of likely N-dealkylation sites (tertiary alicyclic amines) is 1. The fourth-order valence-corrected chi connectivity index (χ4v) is 3.40. The summed E-state index contributed by atoms with van der Waals surface area (Å²) in [6.07, 6.45) is 3.24. The Morgan fingerprint density at radius 3 is 2.89 bits per heavy atom. The van der Waals surface area contributed by atoms with E-state index >= 15 is 0 Å². The van der Waals surface area contributed by atoms with E-state index in [-0.39, 0.29) is 0 Å². The average molecular weight is 268 g/mol. The van der Waals surface area contributed by atoms with Gasteiger partial charge in [-0.2, -0.15) is 0 Å². The molecule has 0 spiro atoms. The van der Waals surface area contributed by atoms with Crippen molar-refractivity contribution in [3.63, 3.8) is 0 Å². The molecule has 5 heteroatoms. The van der Waals surface area contributed by atoms with Crippen LogP contribution in [0.15, 0.2) is 6.20 Å². The molecule has 1 aliphatic heterocycles. The van der Waals surface area contributed by atoms with Gasteiger partial charge in [0, 0.05) is 30.7 Å². The third-order valence-electron chi connectivity index (χ3n) is 3.73. The molecule has 1 aromatic heterocycles. The van der Waals surface area contributed by atoms with Gasteiger partial charge in [0.05, 0.1) is 0 Å². The molecular weight excluding hydrogens is 244 g/mol. The molecular formula is C13H24N4S. The Labute approximate surface area is 114 Å². The second kappa shape index (κ2) is 6.50. The number of nitrogen functional groups attached to an aromatic ring is 1. The molecule has 1 saturated heterocycles. The van der Waals surface area contributed by atoms with Gasteiger partial charge >= 0.3 is 0 Å². The summed E-state index contributed by atoms with van der Waals surface area (Å²) in [5, 5.41) is 0.684. The molecule has 1 aromatic rings. The quantitative estimate of drug-likeness (QED) is 0.856. The molecule has 4 nitrogen and oxygen atoms in total. The predicted octanol–water partition coefficient (Wildman–Crippen LogP) is 1.89. The van der Waals surface area contributed by atoms with Gasteiger partial charge in [0.1, 0.15) is 0 Å². The first kappa shape index (κ1) is 13.8. The van der Waals surface area contributed by atoms with Crippen LogP contribution in [0.2, 0.25) is 0 Å². The number of nitrogens with zero attached hydrogens (tertiary/aromatic N) is 3. The Kier molecular flexibility index (Phi) is 4.97. The Bertz CT molecular complexity index is 362. The second-order valence-electron chi connectivity index (χ2n) is 5.04. The van der Waals surface area contributed by atoms with Gasteiger partial charge in [-0.05, 0) is 32.0 Å². The Morgan fingerprint density at radius 2 is 2.28 bits per heavy atom. The van der Waals surface area contributed by atoms with E-state index < -0.39 is 0 Å². The normalized spacial score (nSPS) is 20.9. The first-order valence-corrected chi connectivity index (χ1v) is 7.67. The highest BCUT2D eigenvalue weighted by molar-refractivity contribution is 7.15. The highest BCUT2D eigenvalue weighted by Gasteiger charge is 2.24. The summed E-state index contributed by atoms with van der Waals surface area (Å²) < 4.78 is 0. The Hall–Kier alpha value is -0.650. The molecule has 0 bridgehead atoms. The van der Waals surface area contributed by atoms with Crippen LogP contribution in [0.5, 0.6) is 0 Å². The lowest BCUT2D eigenvalue weighted by molar-refractivity contribution is 0.242. The SMILES string of the molecule is CCN(CC)CC1CCN(Cc2cnc(N)s2)C1. The monoisotopic (exact) mass is 268 g/mol. The van der Waals surface area contributed by atoms with Gasteiger partial charge < -0.3 is 10.6 Å². The first-order valence-electron chi connectivity index (χ1n) is 6.86. The van der Waals surface area contributed by atoms with Crippen molar-refractivity contribution in [2.45, 2.75) is 26.8 Å². The smallest absolute Gasteiger partial charge is 0.180 e. The van der Waals surface area contributed by atoms with Crippen LogP contribution in [0.4, 0.5) is 5.13 Å². The maximum absolute atomic E-state index is 5.66. The summed E-state index contributed by atoms with van der Waals surface area (Å²) in [6, 6.07) is 0. The van der Waals surface area contributed by atoms with Crippen molar-refractivity contribution in [2.24, 2.45) is 5.92 Å². The van der Waals surface area contributed by atoms with Gasteiger partial charge in [0.25, 0.3) is 0 Å². The summed E-state index contributed by atoms with van der Waals surface area (Å²) in [5.74, 6) is 0.829. The molecule has 2 heterocycles.